The van der Waals surface area contributed by atoms with Crippen LogP contribution in [0.1, 0.15) is 42.0 Å². The molecule has 5 heteroatoms. The maximum Gasteiger partial charge on any atom is 0.225 e. The highest BCUT2D eigenvalue weighted by Gasteiger charge is 2.23. The second-order valence-corrected chi connectivity index (χ2v) is 6.77. The summed E-state index contributed by atoms with van der Waals surface area (Å²) in [5.41, 5.74) is 3.77. The zero-order valence-electron chi connectivity index (χ0n) is 13.1. The van der Waals surface area contributed by atoms with Crippen LogP contribution in [0.5, 0.6) is 0 Å². The van der Waals surface area contributed by atoms with Gasteiger partial charge in [0.05, 0.1) is 0 Å². The Kier molecular flexibility index (Phi) is 4.19. The minimum Gasteiger partial charge on any atom is -0.341 e. The maximum atomic E-state index is 6.28. The molecule has 1 aromatic carbocycles. The molecule has 1 aliphatic heterocycles. The number of hydrogen-bond acceptors (Lipinski definition) is 4. The number of halogens is 1. The zero-order valence-corrected chi connectivity index (χ0v) is 13.9. The molecule has 120 valence electrons. The summed E-state index contributed by atoms with van der Waals surface area (Å²) in [5, 5.41) is 4.51. The van der Waals surface area contributed by atoms with Crippen LogP contribution in [0.3, 0.4) is 0 Å². The van der Waals surface area contributed by atoms with E-state index in [9.17, 15) is 0 Å². The van der Waals surface area contributed by atoms with Crippen molar-refractivity contribution in [2.75, 3.05) is 18.0 Å². The molecule has 2 heterocycles. The monoisotopic (exact) mass is 328 g/mol. The average Bonchev–Trinajstić information content (AvgIpc) is 3.24. The standard InChI is InChI=1S/C18H21ClN4/c19-16-5-3-4-15-14(16)6-7-17(15)20-10-13-11-21-18(22-12-13)23-8-1-2-9-23/h3-5,11-12,17,20H,1-2,6-10H2. The fourth-order valence-corrected chi connectivity index (χ4v) is 3.86. The number of anilines is 1. The number of benzene rings is 1. The minimum absolute atomic E-state index is 0.377. The number of nitrogens with zero attached hydrogens (tertiary/aromatic N) is 3. The van der Waals surface area contributed by atoms with Gasteiger partial charge in [-0.05, 0) is 42.9 Å². The van der Waals surface area contributed by atoms with E-state index in [1.54, 1.807) is 0 Å². The SMILES string of the molecule is Clc1cccc2c1CCC2NCc1cnc(N2CCCC2)nc1. The van der Waals surface area contributed by atoms with Crippen LogP contribution in [0.4, 0.5) is 5.95 Å². The van der Waals surface area contributed by atoms with Gasteiger partial charge in [-0.2, -0.15) is 0 Å². The Bertz CT molecular complexity index is 680. The molecule has 1 aliphatic carbocycles. The molecule has 0 spiro atoms. The van der Waals surface area contributed by atoms with Crippen LogP contribution in [-0.2, 0) is 13.0 Å². The quantitative estimate of drug-likeness (QED) is 0.932. The summed E-state index contributed by atoms with van der Waals surface area (Å²) in [6.45, 7) is 2.95. The first-order valence-electron chi connectivity index (χ1n) is 8.38. The smallest absolute Gasteiger partial charge is 0.225 e. The summed E-state index contributed by atoms with van der Waals surface area (Å²) in [6.07, 6.45) is 8.54. The fraction of sp³-hybridized carbons (Fsp3) is 0.444. The highest BCUT2D eigenvalue weighted by atomic mass is 35.5. The molecule has 4 rings (SSSR count). The molecule has 23 heavy (non-hydrogen) atoms. The summed E-state index contributed by atoms with van der Waals surface area (Å²) in [4.78, 5) is 11.3. The van der Waals surface area contributed by atoms with Gasteiger partial charge < -0.3 is 10.2 Å². The molecule has 0 amide bonds. The van der Waals surface area contributed by atoms with Gasteiger partial charge in [0.25, 0.3) is 0 Å². The molecule has 1 N–H and O–H groups in total. The minimum atomic E-state index is 0.377. The number of aromatic nitrogens is 2. The van der Waals surface area contributed by atoms with Crippen LogP contribution >= 0.6 is 11.6 Å². The summed E-state index contributed by atoms with van der Waals surface area (Å²) in [7, 11) is 0. The predicted molar refractivity (Wildman–Crippen MR) is 92.8 cm³/mol. The van der Waals surface area contributed by atoms with Crippen LogP contribution in [0, 0.1) is 0 Å². The Morgan fingerprint density at radius 1 is 1.17 bits per heavy atom. The van der Waals surface area contributed by atoms with E-state index >= 15 is 0 Å². The molecule has 1 fully saturated rings. The Morgan fingerprint density at radius 2 is 1.96 bits per heavy atom. The third-order valence-electron chi connectivity index (χ3n) is 4.85. The van der Waals surface area contributed by atoms with Gasteiger partial charge in [0.15, 0.2) is 0 Å². The summed E-state index contributed by atoms with van der Waals surface area (Å²) < 4.78 is 0. The van der Waals surface area contributed by atoms with Gasteiger partial charge in [-0.1, -0.05) is 23.7 Å². The lowest BCUT2D eigenvalue weighted by atomic mass is 10.1. The van der Waals surface area contributed by atoms with Crippen LogP contribution in [0.15, 0.2) is 30.6 Å². The summed E-state index contributed by atoms with van der Waals surface area (Å²) in [6, 6.07) is 6.57. The Hall–Kier alpha value is -1.65. The highest BCUT2D eigenvalue weighted by Crippen LogP contribution is 2.35. The Morgan fingerprint density at radius 3 is 2.74 bits per heavy atom. The normalized spacial score (nSPS) is 20.0. The molecule has 1 atom stereocenters. The second-order valence-electron chi connectivity index (χ2n) is 6.37. The molecule has 0 saturated carbocycles. The van der Waals surface area contributed by atoms with Gasteiger partial charge in [0, 0.05) is 48.7 Å². The molecular formula is C18H21ClN4. The van der Waals surface area contributed by atoms with Crippen molar-refractivity contribution in [1.82, 2.24) is 15.3 Å². The van der Waals surface area contributed by atoms with Crippen molar-refractivity contribution in [2.24, 2.45) is 0 Å². The van der Waals surface area contributed by atoms with Crippen molar-refractivity contribution in [3.8, 4) is 0 Å². The molecular weight excluding hydrogens is 308 g/mol. The Labute approximate surface area is 141 Å². The lowest BCUT2D eigenvalue weighted by Gasteiger charge is -2.16. The summed E-state index contributed by atoms with van der Waals surface area (Å²) in [5.74, 6) is 0.865. The van der Waals surface area contributed by atoms with Crippen molar-refractivity contribution < 1.29 is 0 Å². The van der Waals surface area contributed by atoms with E-state index in [4.69, 9.17) is 11.6 Å². The maximum absolute atomic E-state index is 6.28. The van der Waals surface area contributed by atoms with Crippen molar-refractivity contribution in [1.29, 1.82) is 0 Å². The van der Waals surface area contributed by atoms with Gasteiger partial charge in [-0.25, -0.2) is 9.97 Å². The van der Waals surface area contributed by atoms with E-state index in [0.29, 0.717) is 6.04 Å². The second kappa shape index (κ2) is 6.46. The molecule has 1 aromatic heterocycles. The van der Waals surface area contributed by atoms with E-state index in [1.165, 1.54) is 24.0 Å². The average molecular weight is 329 g/mol. The largest absolute Gasteiger partial charge is 0.341 e. The molecule has 2 aliphatic rings. The van der Waals surface area contributed by atoms with E-state index in [0.717, 1.165) is 49.0 Å². The fourth-order valence-electron chi connectivity index (χ4n) is 3.58. The summed E-state index contributed by atoms with van der Waals surface area (Å²) >= 11 is 6.28. The molecule has 1 unspecified atom stereocenters. The molecule has 2 aromatic rings. The number of rotatable bonds is 4. The van der Waals surface area contributed by atoms with E-state index in [2.05, 4.69) is 26.3 Å². The first-order valence-corrected chi connectivity index (χ1v) is 8.75. The zero-order chi connectivity index (χ0) is 15.6. The van der Waals surface area contributed by atoms with Crippen LogP contribution in [-0.4, -0.2) is 23.1 Å². The topological polar surface area (TPSA) is 41.1 Å². The number of fused-ring (bicyclic) bond motifs is 1. The number of nitrogens with one attached hydrogen (secondary N) is 1. The number of hydrogen-bond donors (Lipinski definition) is 1. The van der Waals surface area contributed by atoms with Crippen molar-refractivity contribution in [3.63, 3.8) is 0 Å². The van der Waals surface area contributed by atoms with Crippen LogP contribution in [0.25, 0.3) is 0 Å². The van der Waals surface area contributed by atoms with Crippen molar-refractivity contribution in [2.45, 2.75) is 38.3 Å². The predicted octanol–water partition coefficient (Wildman–Crippen LogP) is 3.51. The van der Waals surface area contributed by atoms with Crippen LogP contribution < -0.4 is 10.2 Å². The molecule has 0 bridgehead atoms. The lowest BCUT2D eigenvalue weighted by molar-refractivity contribution is 0.529. The van der Waals surface area contributed by atoms with Gasteiger partial charge >= 0.3 is 0 Å². The third-order valence-corrected chi connectivity index (χ3v) is 5.20. The third kappa shape index (κ3) is 3.06. The van der Waals surface area contributed by atoms with E-state index in [1.807, 2.05) is 24.5 Å². The van der Waals surface area contributed by atoms with Gasteiger partial charge in [0.2, 0.25) is 5.95 Å². The first-order chi connectivity index (χ1) is 11.3. The van der Waals surface area contributed by atoms with Crippen molar-refractivity contribution >= 4 is 17.5 Å². The van der Waals surface area contributed by atoms with Crippen LogP contribution in [0.2, 0.25) is 5.02 Å². The van der Waals surface area contributed by atoms with Gasteiger partial charge in [0.1, 0.15) is 0 Å². The Balaban J connectivity index is 1.39. The highest BCUT2D eigenvalue weighted by molar-refractivity contribution is 6.31. The van der Waals surface area contributed by atoms with E-state index < -0.39 is 0 Å². The van der Waals surface area contributed by atoms with Gasteiger partial charge in [-0.15, -0.1) is 0 Å². The molecule has 4 nitrogen and oxygen atoms in total. The first kappa shape index (κ1) is 14.9. The molecule has 1 saturated heterocycles. The lowest BCUT2D eigenvalue weighted by Crippen LogP contribution is -2.21. The van der Waals surface area contributed by atoms with Gasteiger partial charge in [-0.3, -0.25) is 0 Å². The van der Waals surface area contributed by atoms with Crippen molar-refractivity contribution in [3.05, 3.63) is 52.3 Å². The van der Waals surface area contributed by atoms with E-state index in [-0.39, 0.29) is 0 Å². The molecule has 0 radical (unpaired) electrons.